The number of nitrogens with zero attached hydrogens (tertiary/aromatic N) is 2. The highest BCUT2D eigenvalue weighted by atomic mass is 35.5. The van der Waals surface area contributed by atoms with E-state index in [1.54, 1.807) is 17.5 Å². The Morgan fingerprint density at radius 3 is 2.79 bits per heavy atom. The molecule has 2 aromatic rings. The van der Waals surface area contributed by atoms with Gasteiger partial charge in [0, 0.05) is 18.0 Å². The number of hydrogen-bond acceptors (Lipinski definition) is 4. The molecule has 0 aliphatic rings. The lowest BCUT2D eigenvalue weighted by Crippen LogP contribution is -2.26. The van der Waals surface area contributed by atoms with Gasteiger partial charge >= 0.3 is 0 Å². The van der Waals surface area contributed by atoms with E-state index >= 15 is 0 Å². The fourth-order valence-electron chi connectivity index (χ4n) is 1.58. The molecule has 0 radical (unpaired) electrons. The molecule has 100 valence electrons. The zero-order chi connectivity index (χ0) is 14.0. The van der Waals surface area contributed by atoms with Gasteiger partial charge in [0.25, 0.3) is 5.91 Å². The summed E-state index contributed by atoms with van der Waals surface area (Å²) in [6, 6.07) is 3.04. The van der Waals surface area contributed by atoms with E-state index < -0.39 is 0 Å². The third kappa shape index (κ3) is 3.18. The molecule has 0 bridgehead atoms. The minimum absolute atomic E-state index is 0.182. The minimum atomic E-state index is -0.182. The molecule has 1 heterocycles. The van der Waals surface area contributed by atoms with Crippen LogP contribution in [0.3, 0.4) is 0 Å². The summed E-state index contributed by atoms with van der Waals surface area (Å²) in [4.78, 5) is 17.9. The number of nitrogen functional groups attached to an aromatic ring is 1. The first-order chi connectivity index (χ1) is 8.99. The van der Waals surface area contributed by atoms with Crippen LogP contribution in [0.2, 0.25) is 10.0 Å². The Morgan fingerprint density at radius 1 is 1.47 bits per heavy atom. The molecule has 2 rings (SSSR count). The molecule has 0 spiro atoms. The van der Waals surface area contributed by atoms with Crippen molar-refractivity contribution in [1.29, 1.82) is 0 Å². The largest absolute Gasteiger partial charge is 0.397 e. The van der Waals surface area contributed by atoms with E-state index in [9.17, 15) is 4.79 Å². The molecule has 0 saturated heterocycles. The van der Waals surface area contributed by atoms with E-state index in [1.165, 1.54) is 23.5 Å². The molecule has 0 aliphatic heterocycles. The Hall–Kier alpha value is -1.30. The molecule has 7 heteroatoms. The topological polar surface area (TPSA) is 59.2 Å². The first kappa shape index (κ1) is 14.1. The third-order valence-electron chi connectivity index (χ3n) is 2.53. The second-order valence-corrected chi connectivity index (χ2v) is 5.51. The van der Waals surface area contributed by atoms with E-state index in [4.69, 9.17) is 28.9 Å². The molecular formula is C12H11Cl2N3OS. The fourth-order valence-corrected chi connectivity index (χ4v) is 2.47. The number of benzene rings is 1. The second kappa shape index (κ2) is 5.77. The maximum atomic E-state index is 12.2. The normalized spacial score (nSPS) is 10.5. The molecule has 0 atom stereocenters. The first-order valence-corrected chi connectivity index (χ1v) is 7.06. The van der Waals surface area contributed by atoms with Crippen LogP contribution in [0.15, 0.2) is 23.0 Å². The Bertz CT molecular complexity index is 578. The van der Waals surface area contributed by atoms with Crippen molar-refractivity contribution in [2.75, 3.05) is 12.8 Å². The van der Waals surface area contributed by atoms with Gasteiger partial charge in [0.1, 0.15) is 0 Å². The van der Waals surface area contributed by atoms with Gasteiger partial charge in [-0.25, -0.2) is 4.98 Å². The summed E-state index contributed by atoms with van der Waals surface area (Å²) in [5, 5.41) is 2.43. The number of hydrogen-bond donors (Lipinski definition) is 1. The lowest BCUT2D eigenvalue weighted by atomic mass is 10.1. The van der Waals surface area contributed by atoms with Gasteiger partial charge in [-0.3, -0.25) is 4.79 Å². The van der Waals surface area contributed by atoms with Gasteiger partial charge in [-0.15, -0.1) is 11.3 Å². The molecule has 2 N–H and O–H groups in total. The number of carbonyl (C=O) groups is 1. The standard InChI is InChI=1S/C12H11Cl2N3OS/c1-17(4-8-5-19-6-16-8)12(18)7-2-9(13)11(14)10(15)3-7/h2-3,5-6H,4,15H2,1H3. The predicted octanol–water partition coefficient (Wildman–Crippen LogP) is 3.30. The molecule has 4 nitrogen and oxygen atoms in total. The van der Waals surface area contributed by atoms with Gasteiger partial charge in [-0.1, -0.05) is 23.2 Å². The summed E-state index contributed by atoms with van der Waals surface area (Å²) in [6.45, 7) is 0.433. The summed E-state index contributed by atoms with van der Waals surface area (Å²) in [5.41, 5.74) is 8.96. The molecular weight excluding hydrogens is 305 g/mol. The van der Waals surface area contributed by atoms with Gasteiger partial charge < -0.3 is 10.6 Å². The summed E-state index contributed by atoms with van der Waals surface area (Å²) < 4.78 is 0. The maximum absolute atomic E-state index is 12.2. The van der Waals surface area contributed by atoms with Crippen molar-refractivity contribution in [2.24, 2.45) is 0 Å². The zero-order valence-electron chi connectivity index (χ0n) is 10.1. The number of aromatic nitrogens is 1. The van der Waals surface area contributed by atoms with Gasteiger partial charge in [0.15, 0.2) is 0 Å². The van der Waals surface area contributed by atoms with Crippen LogP contribution in [-0.2, 0) is 6.54 Å². The molecule has 1 amide bonds. The van der Waals surface area contributed by atoms with E-state index in [-0.39, 0.29) is 16.0 Å². The molecule has 0 unspecified atom stereocenters. The van der Waals surface area contributed by atoms with Crippen LogP contribution < -0.4 is 5.73 Å². The summed E-state index contributed by atoms with van der Waals surface area (Å²) in [7, 11) is 1.69. The second-order valence-electron chi connectivity index (χ2n) is 4.00. The average Bonchev–Trinajstić information content (AvgIpc) is 2.87. The van der Waals surface area contributed by atoms with E-state index in [1.807, 2.05) is 5.38 Å². The highest BCUT2D eigenvalue weighted by molar-refractivity contribution is 7.07. The van der Waals surface area contributed by atoms with Crippen molar-refractivity contribution in [2.45, 2.75) is 6.54 Å². The van der Waals surface area contributed by atoms with Gasteiger partial charge in [0.05, 0.1) is 33.5 Å². The van der Waals surface area contributed by atoms with Gasteiger partial charge in [-0.2, -0.15) is 0 Å². The molecule has 1 aromatic carbocycles. The first-order valence-electron chi connectivity index (χ1n) is 5.36. The number of thiazole rings is 1. The van der Waals surface area contributed by atoms with E-state index in [0.29, 0.717) is 17.8 Å². The number of nitrogens with two attached hydrogens (primary N) is 1. The number of amides is 1. The number of halogens is 2. The Morgan fingerprint density at radius 2 is 2.21 bits per heavy atom. The van der Waals surface area contributed by atoms with E-state index in [2.05, 4.69) is 4.98 Å². The molecule has 0 fully saturated rings. The van der Waals surface area contributed by atoms with Crippen molar-refractivity contribution in [3.8, 4) is 0 Å². The third-order valence-corrected chi connectivity index (χ3v) is 3.98. The number of carbonyl (C=O) groups excluding carboxylic acids is 1. The summed E-state index contributed by atoms with van der Waals surface area (Å²) >= 11 is 13.3. The highest BCUT2D eigenvalue weighted by Crippen LogP contribution is 2.29. The lowest BCUT2D eigenvalue weighted by molar-refractivity contribution is 0.0783. The van der Waals surface area contributed by atoms with Gasteiger partial charge in [0.2, 0.25) is 0 Å². The average molecular weight is 316 g/mol. The maximum Gasteiger partial charge on any atom is 0.254 e. The lowest BCUT2D eigenvalue weighted by Gasteiger charge is -2.16. The van der Waals surface area contributed by atoms with Crippen LogP contribution >= 0.6 is 34.5 Å². The minimum Gasteiger partial charge on any atom is -0.397 e. The summed E-state index contributed by atoms with van der Waals surface area (Å²) in [6.07, 6.45) is 0. The molecule has 19 heavy (non-hydrogen) atoms. The van der Waals surface area contributed by atoms with Crippen molar-refractivity contribution < 1.29 is 4.79 Å². The van der Waals surface area contributed by atoms with Gasteiger partial charge in [-0.05, 0) is 12.1 Å². The van der Waals surface area contributed by atoms with Crippen LogP contribution in [-0.4, -0.2) is 22.8 Å². The predicted molar refractivity (Wildman–Crippen MR) is 78.8 cm³/mol. The van der Waals surface area contributed by atoms with Crippen molar-refractivity contribution in [3.63, 3.8) is 0 Å². The van der Waals surface area contributed by atoms with Crippen LogP contribution in [0.4, 0.5) is 5.69 Å². The molecule has 0 aliphatic carbocycles. The monoisotopic (exact) mass is 315 g/mol. The van der Waals surface area contributed by atoms with Crippen LogP contribution in [0, 0.1) is 0 Å². The molecule has 1 aromatic heterocycles. The Labute approximate surface area is 124 Å². The fraction of sp³-hybridized carbons (Fsp3) is 0.167. The number of rotatable bonds is 3. The summed E-state index contributed by atoms with van der Waals surface area (Å²) in [5.74, 6) is -0.182. The van der Waals surface area contributed by atoms with Crippen molar-refractivity contribution in [3.05, 3.63) is 44.3 Å². The van der Waals surface area contributed by atoms with E-state index in [0.717, 1.165) is 5.69 Å². The van der Waals surface area contributed by atoms with Crippen molar-refractivity contribution >= 4 is 46.1 Å². The highest BCUT2D eigenvalue weighted by Gasteiger charge is 2.15. The van der Waals surface area contributed by atoms with Crippen LogP contribution in [0.5, 0.6) is 0 Å². The van der Waals surface area contributed by atoms with Crippen molar-refractivity contribution in [1.82, 2.24) is 9.88 Å². The SMILES string of the molecule is CN(Cc1cscn1)C(=O)c1cc(N)c(Cl)c(Cl)c1. The Kier molecular flexibility index (Phi) is 4.29. The quantitative estimate of drug-likeness (QED) is 0.884. The molecule has 0 saturated carbocycles. The zero-order valence-corrected chi connectivity index (χ0v) is 12.4. The Balaban J connectivity index is 2.19. The van der Waals surface area contributed by atoms with Crippen LogP contribution in [0.25, 0.3) is 0 Å². The smallest absolute Gasteiger partial charge is 0.254 e. The van der Waals surface area contributed by atoms with Crippen LogP contribution in [0.1, 0.15) is 16.1 Å². The number of anilines is 1.